The van der Waals surface area contributed by atoms with Gasteiger partial charge in [-0.25, -0.2) is 0 Å². The summed E-state index contributed by atoms with van der Waals surface area (Å²) in [5.74, 6) is 0.0120. The van der Waals surface area contributed by atoms with Gasteiger partial charge in [0.15, 0.2) is 5.75 Å². The van der Waals surface area contributed by atoms with Crippen molar-refractivity contribution in [1.82, 2.24) is 10.2 Å². The molecule has 0 amide bonds. The SMILES string of the molecule is Cc1c(CN2CCNCC2)c(C)c(B2OC(C)(C)C(C)(C)O2)c(C)c1OS(=O)(=O)F. The summed E-state index contributed by atoms with van der Waals surface area (Å²) in [5.41, 5.74) is 2.55. The van der Waals surface area contributed by atoms with E-state index in [1.165, 1.54) is 0 Å². The Bertz CT molecular complexity index is 914. The van der Waals surface area contributed by atoms with E-state index < -0.39 is 28.8 Å². The molecule has 1 aromatic rings. The van der Waals surface area contributed by atoms with Crippen molar-refractivity contribution in [3.8, 4) is 5.75 Å². The van der Waals surface area contributed by atoms with E-state index in [4.69, 9.17) is 13.5 Å². The molecule has 2 heterocycles. The number of hydrogen-bond acceptors (Lipinski definition) is 7. The molecule has 0 aliphatic carbocycles. The standard InChI is InChI=1S/C20H32BFN2O5S/c1-13-16(12-24-10-8-23-9-11-24)14(2)18(27-30(22,25)26)15(3)17(13)21-28-19(4,5)20(6,7)29-21/h23H,8-12H2,1-7H3. The van der Waals surface area contributed by atoms with Gasteiger partial charge in [-0.15, -0.1) is 0 Å². The van der Waals surface area contributed by atoms with Gasteiger partial charge < -0.3 is 18.8 Å². The lowest BCUT2D eigenvalue weighted by molar-refractivity contribution is 0.00578. The first kappa shape index (κ1) is 23.5. The highest BCUT2D eigenvalue weighted by Crippen LogP contribution is 2.39. The van der Waals surface area contributed by atoms with Crippen LogP contribution in [0.1, 0.15) is 49.9 Å². The molecule has 0 spiro atoms. The minimum Gasteiger partial charge on any atom is -0.399 e. The summed E-state index contributed by atoms with van der Waals surface area (Å²) in [6, 6.07) is 0. The fraction of sp³-hybridized carbons (Fsp3) is 0.700. The highest BCUT2D eigenvalue weighted by molar-refractivity contribution is 7.81. The number of nitrogens with one attached hydrogen (secondary N) is 1. The van der Waals surface area contributed by atoms with Crippen LogP contribution in [0.2, 0.25) is 0 Å². The molecule has 2 saturated heterocycles. The van der Waals surface area contributed by atoms with E-state index in [2.05, 4.69) is 10.2 Å². The number of halogens is 1. The third-order valence-electron chi connectivity index (χ3n) is 6.66. The lowest BCUT2D eigenvalue weighted by Crippen LogP contribution is -2.44. The summed E-state index contributed by atoms with van der Waals surface area (Å²) < 4.78 is 53.6. The lowest BCUT2D eigenvalue weighted by atomic mass is 9.71. The van der Waals surface area contributed by atoms with Crippen molar-refractivity contribution in [3.05, 3.63) is 22.3 Å². The molecule has 30 heavy (non-hydrogen) atoms. The van der Waals surface area contributed by atoms with E-state index in [0.717, 1.165) is 37.3 Å². The van der Waals surface area contributed by atoms with E-state index in [1.807, 2.05) is 34.6 Å². The maximum atomic E-state index is 13.5. The fourth-order valence-electron chi connectivity index (χ4n) is 4.13. The van der Waals surface area contributed by atoms with Crippen LogP contribution in [-0.4, -0.2) is 57.8 Å². The number of rotatable bonds is 5. The van der Waals surface area contributed by atoms with Gasteiger partial charge in [-0.05, 0) is 76.2 Å². The molecule has 0 aromatic heterocycles. The predicted octanol–water partition coefficient (Wildman–Crippen LogP) is 1.91. The summed E-state index contributed by atoms with van der Waals surface area (Å²) in [7, 11) is -5.88. The molecular formula is C20H32BFN2O5S. The Morgan fingerprint density at radius 3 is 2.07 bits per heavy atom. The summed E-state index contributed by atoms with van der Waals surface area (Å²) in [6.07, 6.45) is 0. The first-order chi connectivity index (χ1) is 13.7. The topological polar surface area (TPSA) is 77.1 Å². The van der Waals surface area contributed by atoms with Crippen LogP contribution in [0.4, 0.5) is 3.89 Å². The van der Waals surface area contributed by atoms with Crippen LogP contribution in [0.15, 0.2) is 0 Å². The molecule has 0 radical (unpaired) electrons. The third kappa shape index (κ3) is 4.53. The Morgan fingerprint density at radius 1 is 1.03 bits per heavy atom. The first-order valence-corrected chi connectivity index (χ1v) is 11.6. The van der Waals surface area contributed by atoms with Crippen molar-refractivity contribution in [2.24, 2.45) is 0 Å². The van der Waals surface area contributed by atoms with Crippen molar-refractivity contribution in [3.63, 3.8) is 0 Å². The average Bonchev–Trinajstić information content (AvgIpc) is 2.83. The largest absolute Gasteiger partial charge is 0.495 e. The summed E-state index contributed by atoms with van der Waals surface area (Å²) in [4.78, 5) is 2.28. The fourth-order valence-corrected chi connectivity index (χ4v) is 4.58. The van der Waals surface area contributed by atoms with Gasteiger partial charge in [0.2, 0.25) is 0 Å². The zero-order chi connectivity index (χ0) is 22.5. The van der Waals surface area contributed by atoms with Gasteiger partial charge in [-0.2, -0.15) is 8.42 Å². The van der Waals surface area contributed by atoms with Gasteiger partial charge in [0.1, 0.15) is 0 Å². The number of piperazine rings is 1. The van der Waals surface area contributed by atoms with Gasteiger partial charge in [0, 0.05) is 32.7 Å². The van der Waals surface area contributed by atoms with E-state index in [1.54, 1.807) is 13.8 Å². The van der Waals surface area contributed by atoms with Crippen molar-refractivity contribution in [2.75, 3.05) is 26.2 Å². The Morgan fingerprint density at radius 2 is 1.57 bits per heavy atom. The Balaban J connectivity index is 2.13. The Labute approximate surface area is 179 Å². The number of hydrogen-bond donors (Lipinski definition) is 1. The molecule has 1 aromatic carbocycles. The zero-order valence-corrected chi connectivity index (χ0v) is 19.7. The predicted molar refractivity (Wildman–Crippen MR) is 115 cm³/mol. The summed E-state index contributed by atoms with van der Waals surface area (Å²) in [5, 5.41) is 3.32. The Hall–Kier alpha value is -1.20. The minimum atomic E-state index is -5.18. The maximum absolute atomic E-state index is 13.5. The minimum absolute atomic E-state index is 0.0120. The third-order valence-corrected chi connectivity index (χ3v) is 7.02. The molecule has 0 unspecified atom stereocenters. The van der Waals surface area contributed by atoms with Crippen molar-refractivity contribution >= 4 is 23.1 Å². The first-order valence-electron chi connectivity index (χ1n) is 10.3. The van der Waals surface area contributed by atoms with Crippen molar-refractivity contribution < 1.29 is 25.8 Å². The molecule has 2 fully saturated rings. The van der Waals surface area contributed by atoms with Gasteiger partial charge in [-0.1, -0.05) is 3.89 Å². The van der Waals surface area contributed by atoms with Crippen molar-refractivity contribution in [2.45, 2.75) is 66.2 Å². The van der Waals surface area contributed by atoms with Crippen LogP contribution in [0.5, 0.6) is 5.75 Å². The van der Waals surface area contributed by atoms with Crippen LogP contribution >= 0.6 is 0 Å². The zero-order valence-electron chi connectivity index (χ0n) is 18.9. The summed E-state index contributed by atoms with van der Waals surface area (Å²) >= 11 is 0. The van der Waals surface area contributed by atoms with Gasteiger partial charge in [0.25, 0.3) is 0 Å². The summed E-state index contributed by atoms with van der Waals surface area (Å²) in [6.45, 7) is 17.4. The smallest absolute Gasteiger partial charge is 0.399 e. The van der Waals surface area contributed by atoms with Crippen LogP contribution < -0.4 is 15.0 Å². The second kappa shape index (κ2) is 8.05. The van der Waals surface area contributed by atoms with Crippen LogP contribution in [0, 0.1) is 20.8 Å². The van der Waals surface area contributed by atoms with E-state index in [0.29, 0.717) is 23.1 Å². The molecule has 0 saturated carbocycles. The molecule has 2 aliphatic heterocycles. The molecule has 1 N–H and O–H groups in total. The maximum Gasteiger partial charge on any atom is 0.495 e. The Kier molecular flexibility index (Phi) is 6.30. The molecule has 0 atom stereocenters. The average molecular weight is 442 g/mol. The van der Waals surface area contributed by atoms with Crippen molar-refractivity contribution in [1.29, 1.82) is 0 Å². The molecule has 168 valence electrons. The second-order valence-corrected chi connectivity index (χ2v) is 10.1. The van der Waals surface area contributed by atoms with Crippen LogP contribution in [0.3, 0.4) is 0 Å². The molecule has 0 bridgehead atoms. The molecule has 2 aliphatic rings. The normalized spacial score (nSPS) is 21.8. The van der Waals surface area contributed by atoms with Gasteiger partial charge in [-0.3, -0.25) is 4.90 Å². The highest BCUT2D eigenvalue weighted by Gasteiger charge is 2.53. The second-order valence-electron chi connectivity index (χ2n) is 9.19. The van der Waals surface area contributed by atoms with E-state index >= 15 is 0 Å². The molecule has 3 rings (SSSR count). The highest BCUT2D eigenvalue weighted by atomic mass is 32.3. The van der Waals surface area contributed by atoms with E-state index in [-0.39, 0.29) is 5.75 Å². The van der Waals surface area contributed by atoms with Gasteiger partial charge >= 0.3 is 17.6 Å². The van der Waals surface area contributed by atoms with Crippen LogP contribution in [-0.2, 0) is 26.4 Å². The van der Waals surface area contributed by atoms with E-state index in [9.17, 15) is 12.3 Å². The van der Waals surface area contributed by atoms with Crippen LogP contribution in [0.25, 0.3) is 0 Å². The number of nitrogens with zero attached hydrogens (tertiary/aromatic N) is 1. The molecule has 7 nitrogen and oxygen atoms in total. The molecule has 10 heteroatoms. The quantitative estimate of drug-likeness (QED) is 0.552. The monoisotopic (exact) mass is 442 g/mol. The molecular weight excluding hydrogens is 410 g/mol. The van der Waals surface area contributed by atoms with Gasteiger partial charge in [0.05, 0.1) is 11.2 Å². The number of benzene rings is 1. The lowest BCUT2D eigenvalue weighted by Gasteiger charge is -2.32.